The van der Waals surface area contributed by atoms with Crippen molar-refractivity contribution in [3.05, 3.63) is 35.4 Å². The highest BCUT2D eigenvalue weighted by atomic mass is 19.2. The Labute approximate surface area is 95.1 Å². The largest absolute Gasteiger partial charge is 0.299 e. The minimum absolute atomic E-state index is 0.467. The molecule has 1 nitrogen and oxygen atoms in total. The van der Waals surface area contributed by atoms with E-state index in [0.29, 0.717) is 12.1 Å². The lowest BCUT2D eigenvalue weighted by atomic mass is 9.99. The van der Waals surface area contributed by atoms with E-state index in [1.54, 1.807) is 12.1 Å². The van der Waals surface area contributed by atoms with Crippen molar-refractivity contribution < 1.29 is 8.78 Å². The molecule has 16 heavy (non-hydrogen) atoms. The minimum Gasteiger partial charge on any atom is -0.299 e. The van der Waals surface area contributed by atoms with Crippen molar-refractivity contribution in [2.45, 2.75) is 26.3 Å². The van der Waals surface area contributed by atoms with Crippen LogP contribution < -0.4 is 0 Å². The van der Waals surface area contributed by atoms with E-state index in [0.717, 1.165) is 37.9 Å². The zero-order chi connectivity index (χ0) is 11.5. The summed E-state index contributed by atoms with van der Waals surface area (Å²) in [6, 6.07) is 4.40. The van der Waals surface area contributed by atoms with Gasteiger partial charge in [0.2, 0.25) is 0 Å². The molecule has 0 N–H and O–H groups in total. The fourth-order valence-electron chi connectivity index (χ4n) is 2.13. The summed E-state index contributed by atoms with van der Waals surface area (Å²) in [6.07, 6.45) is 2.30. The molecular weight excluding hydrogens is 208 g/mol. The molecule has 0 spiro atoms. The van der Waals surface area contributed by atoms with Crippen LogP contribution in [0.5, 0.6) is 0 Å². The van der Waals surface area contributed by atoms with Gasteiger partial charge in [-0.3, -0.25) is 4.90 Å². The first-order valence-electron chi connectivity index (χ1n) is 5.82. The summed E-state index contributed by atoms with van der Waals surface area (Å²) in [7, 11) is 0. The molecule has 0 aliphatic carbocycles. The fourth-order valence-corrected chi connectivity index (χ4v) is 2.13. The molecule has 0 aromatic heterocycles. The number of piperidine rings is 1. The predicted octanol–water partition coefficient (Wildman–Crippen LogP) is 3.20. The summed E-state index contributed by atoms with van der Waals surface area (Å²) in [5.74, 6) is -0.683. The fraction of sp³-hybridized carbons (Fsp3) is 0.538. The minimum atomic E-state index is -0.747. The van der Waals surface area contributed by atoms with Gasteiger partial charge in [0, 0.05) is 12.1 Å². The summed E-state index contributed by atoms with van der Waals surface area (Å²) in [6.45, 7) is 4.73. The monoisotopic (exact) mass is 225 g/mol. The van der Waals surface area contributed by atoms with E-state index in [1.807, 2.05) is 0 Å². The molecule has 1 saturated heterocycles. The highest BCUT2D eigenvalue weighted by Gasteiger charge is 2.17. The van der Waals surface area contributed by atoms with Crippen LogP contribution in [-0.2, 0) is 6.54 Å². The van der Waals surface area contributed by atoms with E-state index in [1.165, 1.54) is 0 Å². The molecule has 1 aliphatic rings. The first-order chi connectivity index (χ1) is 7.66. The standard InChI is InChI=1S/C13H17F2N/c1-10-5-7-16(8-6-10)9-11-3-2-4-12(14)13(11)15/h2-4,10H,5-9H2,1H3. The second-order valence-electron chi connectivity index (χ2n) is 4.67. The van der Waals surface area contributed by atoms with Crippen LogP contribution in [0.25, 0.3) is 0 Å². The van der Waals surface area contributed by atoms with Crippen molar-refractivity contribution in [3.63, 3.8) is 0 Å². The van der Waals surface area contributed by atoms with Gasteiger partial charge in [0.25, 0.3) is 0 Å². The Morgan fingerprint density at radius 3 is 2.62 bits per heavy atom. The van der Waals surface area contributed by atoms with Gasteiger partial charge in [-0.2, -0.15) is 0 Å². The summed E-state index contributed by atoms with van der Waals surface area (Å²) < 4.78 is 26.4. The Balaban J connectivity index is 2.01. The Kier molecular flexibility index (Phi) is 3.54. The molecule has 88 valence electrons. The molecule has 1 aromatic rings. The second-order valence-corrected chi connectivity index (χ2v) is 4.67. The molecular formula is C13H17F2N. The van der Waals surface area contributed by atoms with Gasteiger partial charge in [0.15, 0.2) is 11.6 Å². The van der Waals surface area contributed by atoms with Crippen LogP contribution in [-0.4, -0.2) is 18.0 Å². The lowest BCUT2D eigenvalue weighted by Gasteiger charge is -2.30. The van der Waals surface area contributed by atoms with Crippen LogP contribution in [0.4, 0.5) is 8.78 Å². The van der Waals surface area contributed by atoms with E-state index >= 15 is 0 Å². The highest BCUT2D eigenvalue weighted by Crippen LogP contribution is 2.19. The van der Waals surface area contributed by atoms with Gasteiger partial charge < -0.3 is 0 Å². The average molecular weight is 225 g/mol. The third kappa shape index (κ3) is 2.59. The van der Waals surface area contributed by atoms with E-state index < -0.39 is 11.6 Å². The van der Waals surface area contributed by atoms with Gasteiger partial charge in [-0.15, -0.1) is 0 Å². The first kappa shape index (κ1) is 11.5. The molecule has 0 saturated carbocycles. The average Bonchev–Trinajstić information content (AvgIpc) is 2.28. The number of nitrogens with zero attached hydrogens (tertiary/aromatic N) is 1. The zero-order valence-corrected chi connectivity index (χ0v) is 9.55. The number of rotatable bonds is 2. The summed E-state index contributed by atoms with van der Waals surface area (Å²) in [4.78, 5) is 2.19. The molecule has 1 fully saturated rings. The molecule has 1 aliphatic heterocycles. The molecule has 0 atom stereocenters. The topological polar surface area (TPSA) is 3.24 Å². The number of hydrogen-bond donors (Lipinski definition) is 0. The van der Waals surface area contributed by atoms with Crippen molar-refractivity contribution in [1.29, 1.82) is 0 Å². The Bertz CT molecular complexity index is 357. The third-order valence-corrected chi connectivity index (χ3v) is 3.30. The van der Waals surface area contributed by atoms with Gasteiger partial charge in [-0.05, 0) is 37.9 Å². The molecule has 3 heteroatoms. The lowest BCUT2D eigenvalue weighted by Crippen LogP contribution is -2.32. The number of likely N-dealkylation sites (tertiary alicyclic amines) is 1. The zero-order valence-electron chi connectivity index (χ0n) is 9.55. The SMILES string of the molecule is CC1CCN(Cc2cccc(F)c2F)CC1. The molecule has 2 rings (SSSR count). The van der Waals surface area contributed by atoms with Crippen LogP contribution in [0.15, 0.2) is 18.2 Å². The number of benzene rings is 1. The van der Waals surface area contributed by atoms with Crippen molar-refractivity contribution in [3.8, 4) is 0 Å². The van der Waals surface area contributed by atoms with Gasteiger partial charge in [-0.1, -0.05) is 19.1 Å². The molecule has 0 radical (unpaired) electrons. The van der Waals surface area contributed by atoms with Crippen molar-refractivity contribution in [1.82, 2.24) is 4.90 Å². The Hall–Kier alpha value is -0.960. The van der Waals surface area contributed by atoms with E-state index in [4.69, 9.17) is 0 Å². The van der Waals surface area contributed by atoms with E-state index in [2.05, 4.69) is 11.8 Å². The maximum absolute atomic E-state index is 13.4. The van der Waals surface area contributed by atoms with Crippen LogP contribution in [0.2, 0.25) is 0 Å². The summed E-state index contributed by atoms with van der Waals surface area (Å²) in [5.41, 5.74) is 0.467. The van der Waals surface area contributed by atoms with Crippen molar-refractivity contribution >= 4 is 0 Å². The van der Waals surface area contributed by atoms with Crippen molar-refractivity contribution in [2.24, 2.45) is 5.92 Å². The molecule has 0 bridgehead atoms. The Morgan fingerprint density at radius 1 is 1.25 bits per heavy atom. The summed E-state index contributed by atoms with van der Waals surface area (Å²) in [5, 5.41) is 0. The highest BCUT2D eigenvalue weighted by molar-refractivity contribution is 5.18. The number of halogens is 2. The van der Waals surface area contributed by atoms with Crippen LogP contribution in [0.1, 0.15) is 25.3 Å². The molecule has 0 unspecified atom stereocenters. The third-order valence-electron chi connectivity index (χ3n) is 3.30. The van der Waals surface area contributed by atoms with Gasteiger partial charge >= 0.3 is 0 Å². The summed E-state index contributed by atoms with van der Waals surface area (Å²) >= 11 is 0. The van der Waals surface area contributed by atoms with Crippen LogP contribution in [0, 0.1) is 17.6 Å². The van der Waals surface area contributed by atoms with Crippen LogP contribution in [0.3, 0.4) is 0 Å². The molecule has 1 heterocycles. The normalized spacial score (nSPS) is 18.9. The molecule has 1 aromatic carbocycles. The smallest absolute Gasteiger partial charge is 0.163 e. The molecule has 0 amide bonds. The quantitative estimate of drug-likeness (QED) is 0.747. The van der Waals surface area contributed by atoms with Crippen molar-refractivity contribution in [2.75, 3.05) is 13.1 Å². The number of hydrogen-bond acceptors (Lipinski definition) is 1. The van der Waals surface area contributed by atoms with Gasteiger partial charge in [0.1, 0.15) is 0 Å². The second kappa shape index (κ2) is 4.91. The van der Waals surface area contributed by atoms with E-state index in [9.17, 15) is 8.78 Å². The maximum Gasteiger partial charge on any atom is 0.163 e. The lowest BCUT2D eigenvalue weighted by molar-refractivity contribution is 0.183. The predicted molar refractivity (Wildman–Crippen MR) is 60.0 cm³/mol. The van der Waals surface area contributed by atoms with Crippen LogP contribution >= 0.6 is 0 Å². The Morgan fingerprint density at radius 2 is 1.94 bits per heavy atom. The first-order valence-corrected chi connectivity index (χ1v) is 5.82. The van der Waals surface area contributed by atoms with Gasteiger partial charge in [0.05, 0.1) is 0 Å². The van der Waals surface area contributed by atoms with Gasteiger partial charge in [-0.25, -0.2) is 8.78 Å². The maximum atomic E-state index is 13.4. The van der Waals surface area contributed by atoms with E-state index in [-0.39, 0.29) is 0 Å².